The normalized spacial score (nSPS) is 21.7. The van der Waals surface area contributed by atoms with Crippen molar-refractivity contribution >= 4 is 36.1 Å². The first-order chi connectivity index (χ1) is 9.73. The molecule has 0 bridgehead atoms. The molecule has 4 radical (unpaired) electrons. The van der Waals surface area contributed by atoms with Gasteiger partial charge in [0, 0.05) is 12.2 Å². The molecule has 0 aromatic carbocycles. The second-order valence-electron chi connectivity index (χ2n) is 4.03. The lowest BCUT2D eigenvalue weighted by atomic mass is 9.98. The molecule has 1 saturated heterocycles. The van der Waals surface area contributed by atoms with Gasteiger partial charge in [0.2, 0.25) is 0 Å². The smallest absolute Gasteiger partial charge is 0.364 e. The van der Waals surface area contributed by atoms with Crippen molar-refractivity contribution in [1.29, 1.82) is 0 Å². The average Bonchev–Trinajstić information content (AvgIpc) is 2.75. The van der Waals surface area contributed by atoms with Crippen LogP contribution in [0.25, 0.3) is 0 Å². The second-order valence-corrected chi connectivity index (χ2v) is 5.76. The highest BCUT2D eigenvalue weighted by Crippen LogP contribution is 2.44. The minimum atomic E-state index is -4.04. The first-order valence-corrected chi connectivity index (χ1v) is 7.84. The quantitative estimate of drug-likeness (QED) is 0.335. The van der Waals surface area contributed by atoms with Gasteiger partial charge in [-0.15, -0.1) is 0 Å². The summed E-state index contributed by atoms with van der Waals surface area (Å²) < 4.78 is 11.0. The van der Waals surface area contributed by atoms with Crippen molar-refractivity contribution in [3.8, 4) is 0 Å². The Hall–Kier alpha value is -0.540. The minimum absolute atomic E-state index is 0.253. The van der Waals surface area contributed by atoms with Gasteiger partial charge in [0.1, 0.15) is 26.6 Å². The Morgan fingerprint density at radius 2 is 2.19 bits per heavy atom. The number of aromatic nitrogens is 2. The van der Waals surface area contributed by atoms with Crippen LogP contribution in [0.1, 0.15) is 19.1 Å². The van der Waals surface area contributed by atoms with Crippen LogP contribution in [0.3, 0.4) is 0 Å². The van der Waals surface area contributed by atoms with Crippen LogP contribution in [-0.2, 0) is 9.26 Å². The third-order valence-corrected chi connectivity index (χ3v) is 3.17. The lowest BCUT2D eigenvalue weighted by Gasteiger charge is -2.13. The molecule has 1 aliphatic heterocycles. The minimum Gasteiger partial charge on any atom is -0.364 e. The van der Waals surface area contributed by atoms with E-state index in [9.17, 15) is 4.79 Å². The molecule has 1 aliphatic rings. The van der Waals surface area contributed by atoms with Crippen LogP contribution >= 0.6 is 20.4 Å². The maximum Gasteiger partial charge on any atom is 0.566 e. The molecule has 2 heterocycles. The summed E-state index contributed by atoms with van der Waals surface area (Å²) in [5, 5.41) is 0. The molecule has 1 fully saturated rings. The first-order valence-electron chi connectivity index (χ1n) is 5.87. The number of rotatable bonds is 3. The lowest BCUT2D eigenvalue weighted by molar-refractivity contribution is 0.0340. The Kier molecular flexibility index (Phi) is 7.22. The molecular formula is C9H14B2N2O6PS+. The Bertz CT molecular complexity index is 562. The van der Waals surface area contributed by atoms with Gasteiger partial charge in [0.15, 0.2) is 0 Å². The van der Waals surface area contributed by atoms with Crippen molar-refractivity contribution in [1.82, 2.24) is 9.55 Å². The van der Waals surface area contributed by atoms with Crippen molar-refractivity contribution in [3.05, 3.63) is 27.4 Å². The molecule has 1 aromatic heterocycles. The van der Waals surface area contributed by atoms with E-state index >= 15 is 0 Å². The third kappa shape index (κ3) is 6.84. The zero-order valence-electron chi connectivity index (χ0n) is 11.0. The fourth-order valence-corrected chi connectivity index (χ4v) is 1.95. The highest BCUT2D eigenvalue weighted by atomic mass is 32.1. The van der Waals surface area contributed by atoms with Crippen molar-refractivity contribution in [3.63, 3.8) is 0 Å². The van der Waals surface area contributed by atoms with E-state index in [1.165, 1.54) is 4.57 Å². The number of ether oxygens (including phenoxy) is 1. The van der Waals surface area contributed by atoms with E-state index in [0.29, 0.717) is 4.64 Å². The monoisotopic (exact) mass is 331 g/mol. The van der Waals surface area contributed by atoms with Crippen molar-refractivity contribution < 1.29 is 23.9 Å². The Morgan fingerprint density at radius 1 is 1.52 bits per heavy atom. The first kappa shape index (κ1) is 18.5. The number of hydrogen-bond acceptors (Lipinski definition) is 7. The molecular weight excluding hydrogens is 317 g/mol. The third-order valence-electron chi connectivity index (χ3n) is 2.44. The van der Waals surface area contributed by atoms with Gasteiger partial charge in [-0.25, -0.2) is 4.79 Å². The maximum absolute atomic E-state index is 11.5. The molecule has 21 heavy (non-hydrogen) atoms. The summed E-state index contributed by atoms with van der Waals surface area (Å²) in [5.74, 6) is 0. The molecule has 1 unspecified atom stereocenters. The van der Waals surface area contributed by atoms with E-state index in [-0.39, 0.29) is 17.9 Å². The number of hydrogen-bond donors (Lipinski definition) is 4. The van der Waals surface area contributed by atoms with Crippen LogP contribution in [0.2, 0.25) is 0 Å². The van der Waals surface area contributed by atoms with E-state index in [1.54, 1.807) is 12.3 Å². The predicted octanol–water partition coefficient (Wildman–Crippen LogP) is -0.507. The van der Waals surface area contributed by atoms with E-state index in [4.69, 9.17) is 39.5 Å². The Morgan fingerprint density at radius 3 is 2.57 bits per heavy atom. The summed E-state index contributed by atoms with van der Waals surface area (Å²) in [4.78, 5) is 37.8. The topological polar surface area (TPSA) is 117 Å². The summed E-state index contributed by atoms with van der Waals surface area (Å²) in [5.41, 5.74) is -0.253. The fraction of sp³-hybridized carbons (Fsp3) is 0.556. The van der Waals surface area contributed by atoms with Crippen LogP contribution in [0.4, 0.5) is 0 Å². The van der Waals surface area contributed by atoms with Crippen molar-refractivity contribution in [2.24, 2.45) is 0 Å². The van der Waals surface area contributed by atoms with Gasteiger partial charge in [-0.05, 0) is 18.9 Å². The van der Waals surface area contributed by atoms with E-state index < -0.39 is 14.7 Å². The van der Waals surface area contributed by atoms with Crippen LogP contribution in [0.5, 0.6) is 0 Å². The SMILES string of the molecule is [B]CO[P+](O)(O)O.[B][C@@H]1CCC(n2ccc(=S)[nH]c2=O)O1. The zero-order chi connectivity index (χ0) is 16.0. The molecule has 112 valence electrons. The van der Waals surface area contributed by atoms with Crippen LogP contribution in [-0.4, -0.2) is 52.4 Å². The Balaban J connectivity index is 0.000000270. The highest BCUT2D eigenvalue weighted by molar-refractivity contribution is 7.71. The molecule has 1 aromatic rings. The van der Waals surface area contributed by atoms with Gasteiger partial charge in [-0.2, -0.15) is 19.2 Å². The molecule has 8 nitrogen and oxygen atoms in total. The highest BCUT2D eigenvalue weighted by Gasteiger charge is 2.31. The number of nitrogens with zero attached hydrogens (tertiary/aromatic N) is 1. The maximum atomic E-state index is 11.5. The van der Waals surface area contributed by atoms with Crippen LogP contribution in [0, 0.1) is 4.64 Å². The van der Waals surface area contributed by atoms with Gasteiger partial charge in [-0.1, -0.05) is 12.2 Å². The summed E-state index contributed by atoms with van der Waals surface area (Å²) >= 11 is 4.82. The number of H-pyrrole nitrogens is 1. The zero-order valence-corrected chi connectivity index (χ0v) is 12.7. The lowest BCUT2D eigenvalue weighted by Crippen LogP contribution is -2.26. The van der Waals surface area contributed by atoms with E-state index in [2.05, 4.69) is 17.4 Å². The molecule has 0 amide bonds. The molecule has 0 spiro atoms. The van der Waals surface area contributed by atoms with Gasteiger partial charge in [0.25, 0.3) is 0 Å². The molecule has 12 heteroatoms. The Labute approximate surface area is 129 Å². The average molecular weight is 331 g/mol. The van der Waals surface area contributed by atoms with Gasteiger partial charge >= 0.3 is 13.9 Å². The van der Waals surface area contributed by atoms with E-state index in [1.807, 2.05) is 0 Å². The van der Waals surface area contributed by atoms with Crippen LogP contribution < -0.4 is 5.69 Å². The number of aromatic amines is 1. The summed E-state index contributed by atoms with van der Waals surface area (Å²) in [6.07, 6.45) is 2.90. The standard InChI is InChI=1S/C8H9BN2O2S.CH5BO4P/c9-5-1-2-7(13-5)11-4-3-6(14)10-8(11)12;2-1-6-7(3,4)5/h3-5,7H,1-2H2,(H,10,12,14);3-5H,1H2/q;+1/t5-,7?;/m0./s1. The summed E-state index contributed by atoms with van der Waals surface area (Å²) in [6, 6.07) is 1.39. The largest absolute Gasteiger partial charge is 0.566 e. The molecule has 0 saturated carbocycles. The van der Waals surface area contributed by atoms with Gasteiger partial charge in [0.05, 0.1) is 6.51 Å². The predicted molar refractivity (Wildman–Crippen MR) is 80.1 cm³/mol. The molecule has 4 N–H and O–H groups in total. The summed E-state index contributed by atoms with van der Waals surface area (Å²) in [6.45, 7) is -0.392. The van der Waals surface area contributed by atoms with Gasteiger partial charge in [-0.3, -0.25) is 9.55 Å². The fourth-order valence-electron chi connectivity index (χ4n) is 1.60. The van der Waals surface area contributed by atoms with Crippen molar-refractivity contribution in [2.75, 3.05) is 6.51 Å². The molecule has 0 aliphatic carbocycles. The second kappa shape index (κ2) is 8.19. The number of nitrogens with one attached hydrogen (secondary N) is 1. The van der Waals surface area contributed by atoms with Crippen LogP contribution in [0.15, 0.2) is 17.1 Å². The van der Waals surface area contributed by atoms with E-state index in [0.717, 1.165) is 12.8 Å². The van der Waals surface area contributed by atoms with Crippen molar-refractivity contribution in [2.45, 2.75) is 25.1 Å². The molecule has 2 atom stereocenters. The van der Waals surface area contributed by atoms with Gasteiger partial charge < -0.3 is 4.74 Å². The summed E-state index contributed by atoms with van der Waals surface area (Å²) in [7, 11) is 6.17. The molecule has 2 rings (SSSR count).